The largest absolute Gasteiger partial charge is 0.325 e. The lowest BCUT2D eigenvalue weighted by molar-refractivity contribution is 0.253. The van der Waals surface area contributed by atoms with E-state index in [9.17, 15) is 4.79 Å². The topological polar surface area (TPSA) is 88.7 Å². The van der Waals surface area contributed by atoms with Gasteiger partial charge in [-0.1, -0.05) is 0 Å². The van der Waals surface area contributed by atoms with Crippen molar-refractivity contribution in [3.63, 3.8) is 0 Å². The molecule has 0 atom stereocenters. The molecule has 0 saturated heterocycles. The molecule has 0 bridgehead atoms. The highest BCUT2D eigenvalue weighted by Crippen LogP contribution is 2.08. The molecule has 0 aliphatic heterocycles. The lowest BCUT2D eigenvalue weighted by Crippen LogP contribution is -2.28. The van der Waals surface area contributed by atoms with Gasteiger partial charge in [-0.25, -0.2) is 4.79 Å². The summed E-state index contributed by atoms with van der Waals surface area (Å²) >= 11 is 0. The molecule has 74 valence electrons. The fraction of sp³-hybridized carbons (Fsp3) is 0.100. The van der Waals surface area contributed by atoms with Crippen LogP contribution >= 0.6 is 0 Å². The molecule has 15 heavy (non-hydrogen) atoms. The van der Waals surface area contributed by atoms with Crippen molar-refractivity contribution in [3.8, 4) is 12.1 Å². The molecule has 1 aromatic carbocycles. The summed E-state index contributed by atoms with van der Waals surface area (Å²) in [6.07, 6.45) is 0. The van der Waals surface area contributed by atoms with Crippen molar-refractivity contribution < 1.29 is 4.79 Å². The molecular weight excluding hydrogens is 192 g/mol. The molecule has 0 aliphatic rings. The van der Waals surface area contributed by atoms with Crippen molar-refractivity contribution in [2.24, 2.45) is 0 Å². The summed E-state index contributed by atoms with van der Waals surface area (Å²) in [6.45, 7) is -0.0396. The Morgan fingerprint density at radius 1 is 1.27 bits per heavy atom. The molecule has 5 nitrogen and oxygen atoms in total. The van der Waals surface area contributed by atoms with Gasteiger partial charge in [-0.3, -0.25) is 0 Å². The number of rotatable bonds is 2. The monoisotopic (exact) mass is 200 g/mol. The fourth-order valence-corrected chi connectivity index (χ4v) is 0.923. The third-order valence-corrected chi connectivity index (χ3v) is 1.60. The lowest BCUT2D eigenvalue weighted by atomic mass is 10.2. The first kappa shape index (κ1) is 10.6. The van der Waals surface area contributed by atoms with E-state index in [-0.39, 0.29) is 6.54 Å². The summed E-state index contributed by atoms with van der Waals surface area (Å²) < 4.78 is 0. The maximum atomic E-state index is 11.1. The van der Waals surface area contributed by atoms with E-state index in [0.29, 0.717) is 11.3 Å². The molecule has 0 heterocycles. The van der Waals surface area contributed by atoms with Gasteiger partial charge in [-0.05, 0) is 24.3 Å². The number of hydrogen-bond acceptors (Lipinski definition) is 3. The Hall–Kier alpha value is -2.53. The average molecular weight is 200 g/mol. The zero-order valence-electron chi connectivity index (χ0n) is 7.82. The van der Waals surface area contributed by atoms with E-state index >= 15 is 0 Å². The summed E-state index contributed by atoms with van der Waals surface area (Å²) in [4.78, 5) is 11.1. The molecule has 0 spiro atoms. The van der Waals surface area contributed by atoms with Crippen LogP contribution < -0.4 is 10.6 Å². The number of nitriles is 2. The maximum Gasteiger partial charge on any atom is 0.320 e. The van der Waals surface area contributed by atoms with Gasteiger partial charge in [0.25, 0.3) is 0 Å². The third kappa shape index (κ3) is 3.37. The Balaban J connectivity index is 2.55. The molecule has 0 radical (unpaired) electrons. The highest BCUT2D eigenvalue weighted by atomic mass is 16.2. The van der Waals surface area contributed by atoms with Crippen LogP contribution in [0.1, 0.15) is 5.56 Å². The zero-order chi connectivity index (χ0) is 11.1. The first-order valence-electron chi connectivity index (χ1n) is 4.18. The average Bonchev–Trinajstić information content (AvgIpc) is 2.27. The quantitative estimate of drug-likeness (QED) is 0.703. The minimum atomic E-state index is -0.443. The van der Waals surface area contributed by atoms with Crippen molar-refractivity contribution in [1.29, 1.82) is 10.5 Å². The van der Waals surface area contributed by atoms with Gasteiger partial charge in [-0.2, -0.15) is 10.5 Å². The normalized spacial score (nSPS) is 8.40. The molecule has 5 heteroatoms. The van der Waals surface area contributed by atoms with Gasteiger partial charge >= 0.3 is 6.03 Å². The first-order chi connectivity index (χ1) is 7.26. The predicted molar refractivity (Wildman–Crippen MR) is 53.8 cm³/mol. The Kier molecular flexibility index (Phi) is 3.70. The van der Waals surface area contributed by atoms with Gasteiger partial charge in [0.2, 0.25) is 0 Å². The van der Waals surface area contributed by atoms with Crippen LogP contribution in [0.5, 0.6) is 0 Å². The Morgan fingerprint density at radius 3 is 2.47 bits per heavy atom. The molecule has 0 unspecified atom stereocenters. The minimum absolute atomic E-state index is 0.0396. The number of carbonyl (C=O) groups is 1. The van der Waals surface area contributed by atoms with Gasteiger partial charge in [-0.15, -0.1) is 0 Å². The van der Waals surface area contributed by atoms with Crippen LogP contribution in [0.4, 0.5) is 10.5 Å². The van der Waals surface area contributed by atoms with Crippen molar-refractivity contribution in [2.45, 2.75) is 0 Å². The van der Waals surface area contributed by atoms with Crippen molar-refractivity contribution in [2.75, 3.05) is 11.9 Å². The van der Waals surface area contributed by atoms with Crippen molar-refractivity contribution in [1.82, 2.24) is 5.32 Å². The molecule has 0 aliphatic carbocycles. The van der Waals surface area contributed by atoms with Crippen LogP contribution in [0, 0.1) is 22.7 Å². The third-order valence-electron chi connectivity index (χ3n) is 1.60. The highest BCUT2D eigenvalue weighted by molar-refractivity contribution is 5.89. The second kappa shape index (κ2) is 5.25. The Labute approximate surface area is 86.9 Å². The molecule has 2 amide bonds. The number of benzene rings is 1. The molecule has 0 aromatic heterocycles. The number of nitrogens with zero attached hydrogens (tertiary/aromatic N) is 2. The SMILES string of the molecule is N#CCNC(=O)Nc1ccc(C#N)cc1. The Morgan fingerprint density at radius 2 is 1.93 bits per heavy atom. The van der Waals surface area contributed by atoms with E-state index in [1.165, 1.54) is 0 Å². The summed E-state index contributed by atoms with van der Waals surface area (Å²) in [5.74, 6) is 0. The summed E-state index contributed by atoms with van der Waals surface area (Å²) in [7, 11) is 0. The summed E-state index contributed by atoms with van der Waals surface area (Å²) in [6, 6.07) is 9.74. The van der Waals surface area contributed by atoms with Crippen LogP contribution in [0.3, 0.4) is 0 Å². The summed E-state index contributed by atoms with van der Waals surface area (Å²) in [5.41, 5.74) is 1.10. The van der Waals surface area contributed by atoms with E-state index < -0.39 is 6.03 Å². The number of hydrogen-bond donors (Lipinski definition) is 2. The number of amides is 2. The van der Waals surface area contributed by atoms with Crippen LogP contribution in [0.25, 0.3) is 0 Å². The van der Waals surface area contributed by atoms with Gasteiger partial charge < -0.3 is 10.6 Å². The number of nitrogens with one attached hydrogen (secondary N) is 2. The molecular formula is C10H8N4O. The molecule has 2 N–H and O–H groups in total. The number of anilines is 1. The van der Waals surface area contributed by atoms with Gasteiger partial charge in [0, 0.05) is 5.69 Å². The number of urea groups is 1. The molecule has 1 rings (SSSR count). The van der Waals surface area contributed by atoms with E-state index in [0.717, 1.165) is 0 Å². The van der Waals surface area contributed by atoms with Gasteiger partial charge in [0.15, 0.2) is 0 Å². The second-order valence-electron chi connectivity index (χ2n) is 2.65. The zero-order valence-corrected chi connectivity index (χ0v) is 7.82. The van der Waals surface area contributed by atoms with Crippen molar-refractivity contribution >= 4 is 11.7 Å². The van der Waals surface area contributed by atoms with Crippen LogP contribution in [-0.4, -0.2) is 12.6 Å². The van der Waals surface area contributed by atoms with Crippen molar-refractivity contribution in [3.05, 3.63) is 29.8 Å². The van der Waals surface area contributed by atoms with E-state index in [4.69, 9.17) is 10.5 Å². The van der Waals surface area contributed by atoms with Crippen LogP contribution in [-0.2, 0) is 0 Å². The van der Waals surface area contributed by atoms with Gasteiger partial charge in [0.05, 0.1) is 17.7 Å². The van der Waals surface area contributed by atoms with E-state index in [1.54, 1.807) is 30.3 Å². The highest BCUT2D eigenvalue weighted by Gasteiger charge is 1.99. The molecule has 0 fully saturated rings. The lowest BCUT2D eigenvalue weighted by Gasteiger charge is -2.04. The standard InChI is InChI=1S/C10H8N4O/c11-5-6-13-10(15)14-9-3-1-8(7-12)2-4-9/h1-4H,6H2,(H2,13,14,15). The Bertz CT molecular complexity index is 424. The van der Waals surface area contributed by atoms with Crippen LogP contribution in [0.15, 0.2) is 24.3 Å². The van der Waals surface area contributed by atoms with E-state index in [2.05, 4.69) is 10.6 Å². The minimum Gasteiger partial charge on any atom is -0.325 e. The number of carbonyl (C=O) groups excluding carboxylic acids is 1. The van der Waals surface area contributed by atoms with E-state index in [1.807, 2.05) is 6.07 Å². The maximum absolute atomic E-state index is 11.1. The predicted octanol–water partition coefficient (Wildman–Crippen LogP) is 1.20. The first-order valence-corrected chi connectivity index (χ1v) is 4.18. The molecule has 0 saturated carbocycles. The fourth-order valence-electron chi connectivity index (χ4n) is 0.923. The van der Waals surface area contributed by atoms with Crippen LogP contribution in [0.2, 0.25) is 0 Å². The smallest absolute Gasteiger partial charge is 0.320 e. The molecule has 1 aromatic rings. The summed E-state index contributed by atoms with van der Waals surface area (Å²) in [5, 5.41) is 21.6. The second-order valence-corrected chi connectivity index (χ2v) is 2.65. The van der Waals surface area contributed by atoms with Gasteiger partial charge in [0.1, 0.15) is 6.54 Å².